The highest BCUT2D eigenvalue weighted by Gasteiger charge is 2.32. The van der Waals surface area contributed by atoms with Gasteiger partial charge in [0.1, 0.15) is 4.60 Å². The number of nitrogens with zero attached hydrogens (tertiary/aromatic N) is 3. The number of hydrogen-bond donors (Lipinski definition) is 0. The molecule has 0 spiro atoms. The zero-order chi connectivity index (χ0) is 10.9. The van der Waals surface area contributed by atoms with E-state index in [2.05, 4.69) is 21.0 Å². The second-order valence-electron chi connectivity index (χ2n) is 2.36. The Labute approximate surface area is 83.8 Å². The molecule has 0 aliphatic carbocycles. The molecule has 1 aromatic rings. The Bertz CT molecular complexity index is 362. The van der Waals surface area contributed by atoms with Crippen molar-refractivity contribution in [1.29, 1.82) is 0 Å². The smallest absolute Gasteiger partial charge is 0.358 e. The van der Waals surface area contributed by atoms with E-state index in [1.807, 2.05) is 0 Å². The molecular weight excluding hydrogens is 271 g/mol. The third-order valence-electron chi connectivity index (χ3n) is 1.23. The highest BCUT2D eigenvalue weighted by atomic mass is 79.9. The Hall–Kier alpha value is -1.12. The molecule has 0 saturated carbocycles. The third-order valence-corrected chi connectivity index (χ3v) is 1.87. The quantitative estimate of drug-likeness (QED) is 0.613. The normalized spacial score (nSPS) is 11.7. The lowest BCUT2D eigenvalue weighted by atomic mass is 10.6. The highest BCUT2D eigenvalue weighted by molar-refractivity contribution is 9.10. The number of hydrogen-bond acceptors (Lipinski definition) is 3. The number of aromatic nitrogens is 2. The minimum Gasteiger partial charge on any atom is -0.358 e. The van der Waals surface area contributed by atoms with E-state index >= 15 is 0 Å². The monoisotopic (exact) mass is 273 g/mol. The maximum absolute atomic E-state index is 11.9. The van der Waals surface area contributed by atoms with Gasteiger partial charge in [0.15, 0.2) is 6.54 Å². The molecule has 0 bridgehead atoms. The van der Waals surface area contributed by atoms with E-state index in [-0.39, 0.29) is 4.60 Å². The molecule has 0 aliphatic heterocycles. The van der Waals surface area contributed by atoms with Gasteiger partial charge in [0, 0.05) is 0 Å². The van der Waals surface area contributed by atoms with E-state index in [1.165, 1.54) is 0 Å². The van der Waals surface area contributed by atoms with Crippen molar-refractivity contribution in [3.8, 4) is 0 Å². The third kappa shape index (κ3) is 2.69. The van der Waals surface area contributed by atoms with Crippen LogP contribution in [0.3, 0.4) is 0 Å². The fraction of sp³-hybridized carbons (Fsp3) is 0.400. The van der Waals surface area contributed by atoms with E-state index in [9.17, 15) is 23.3 Å². The van der Waals surface area contributed by atoms with Gasteiger partial charge in [0.05, 0.1) is 11.2 Å². The predicted molar refractivity (Wildman–Crippen MR) is 42.6 cm³/mol. The van der Waals surface area contributed by atoms with Crippen LogP contribution in [0.2, 0.25) is 0 Å². The summed E-state index contributed by atoms with van der Waals surface area (Å²) in [4.78, 5) is 9.30. The molecule has 1 heterocycles. The number of halogens is 4. The van der Waals surface area contributed by atoms with Gasteiger partial charge in [-0.05, 0) is 20.9 Å². The van der Waals surface area contributed by atoms with Crippen molar-refractivity contribution in [3.63, 3.8) is 0 Å². The lowest BCUT2D eigenvalue weighted by Gasteiger charge is -2.02. The van der Waals surface area contributed by atoms with Crippen LogP contribution in [0.25, 0.3) is 0 Å². The minimum atomic E-state index is -4.46. The van der Waals surface area contributed by atoms with Crippen LogP contribution in [-0.2, 0) is 6.54 Å². The summed E-state index contributed by atoms with van der Waals surface area (Å²) in [5.41, 5.74) is 0. The topological polar surface area (TPSA) is 61.0 Å². The largest absolute Gasteiger partial charge is 0.410 e. The second kappa shape index (κ2) is 3.56. The van der Waals surface area contributed by atoms with Gasteiger partial charge in [-0.15, -0.1) is 0 Å². The average Bonchev–Trinajstić information content (AvgIpc) is 2.29. The minimum absolute atomic E-state index is 0.0819. The Morgan fingerprint density at radius 1 is 1.64 bits per heavy atom. The van der Waals surface area contributed by atoms with Crippen LogP contribution < -0.4 is 0 Å². The van der Waals surface area contributed by atoms with Crippen LogP contribution in [0.4, 0.5) is 19.0 Å². The first-order chi connectivity index (χ1) is 6.29. The maximum Gasteiger partial charge on any atom is 0.410 e. The predicted octanol–water partition coefficient (Wildman–Crippen LogP) is 2.12. The van der Waals surface area contributed by atoms with Gasteiger partial charge in [-0.2, -0.15) is 17.9 Å². The average molecular weight is 274 g/mol. The zero-order valence-corrected chi connectivity index (χ0v) is 8.04. The fourth-order valence-electron chi connectivity index (χ4n) is 0.751. The van der Waals surface area contributed by atoms with Crippen LogP contribution >= 0.6 is 15.9 Å². The van der Waals surface area contributed by atoms with Gasteiger partial charge >= 0.3 is 12.0 Å². The van der Waals surface area contributed by atoms with E-state index in [0.29, 0.717) is 4.68 Å². The molecule has 5 nitrogen and oxygen atoms in total. The molecule has 1 aromatic heterocycles. The molecule has 0 fully saturated rings. The lowest BCUT2D eigenvalue weighted by Crippen LogP contribution is -2.18. The van der Waals surface area contributed by atoms with Crippen LogP contribution in [0.5, 0.6) is 0 Å². The summed E-state index contributed by atoms with van der Waals surface area (Å²) in [6.45, 7) is -1.36. The molecule has 0 unspecified atom stereocenters. The maximum atomic E-state index is 11.9. The summed E-state index contributed by atoms with van der Waals surface area (Å²) in [5, 5.41) is 13.3. The van der Waals surface area contributed by atoms with Crippen LogP contribution in [0.15, 0.2) is 10.7 Å². The van der Waals surface area contributed by atoms with Crippen molar-refractivity contribution in [3.05, 3.63) is 20.8 Å². The molecular formula is C5H3BrF3N3O2. The summed E-state index contributed by atoms with van der Waals surface area (Å²) in [6, 6.07) is 0.908. The molecule has 9 heteroatoms. The van der Waals surface area contributed by atoms with Gasteiger partial charge in [-0.1, -0.05) is 0 Å². The molecule has 0 radical (unpaired) electrons. The molecule has 0 atom stereocenters. The first-order valence-electron chi connectivity index (χ1n) is 3.24. The van der Waals surface area contributed by atoms with Gasteiger partial charge in [0.25, 0.3) is 0 Å². The Morgan fingerprint density at radius 2 is 2.21 bits per heavy atom. The molecule has 0 aliphatic rings. The Kier molecular flexibility index (Phi) is 2.79. The molecule has 14 heavy (non-hydrogen) atoms. The van der Waals surface area contributed by atoms with Crippen LogP contribution in [-0.4, -0.2) is 20.9 Å². The highest BCUT2D eigenvalue weighted by Crippen LogP contribution is 2.23. The van der Waals surface area contributed by atoms with E-state index in [0.717, 1.165) is 6.07 Å². The first-order valence-corrected chi connectivity index (χ1v) is 4.03. The summed E-state index contributed by atoms with van der Waals surface area (Å²) < 4.78 is 36.0. The van der Waals surface area contributed by atoms with Crippen LogP contribution in [0.1, 0.15) is 0 Å². The van der Waals surface area contributed by atoms with Crippen molar-refractivity contribution in [2.75, 3.05) is 0 Å². The first kappa shape index (κ1) is 11.0. The summed E-state index contributed by atoms with van der Waals surface area (Å²) >= 11 is 2.73. The molecule has 78 valence electrons. The molecule has 1 rings (SSSR count). The van der Waals surface area contributed by atoms with Crippen molar-refractivity contribution < 1.29 is 18.1 Å². The number of nitro groups is 1. The molecule has 0 amide bonds. The summed E-state index contributed by atoms with van der Waals surface area (Å²) in [7, 11) is 0. The van der Waals surface area contributed by atoms with Crippen LogP contribution in [0, 0.1) is 10.1 Å². The van der Waals surface area contributed by atoms with Crippen molar-refractivity contribution in [2.24, 2.45) is 0 Å². The number of alkyl halides is 3. The standard InChI is InChI=1S/C5H3BrF3N3O2/c6-3-1-4(12(13)14)10-11(3)2-5(7,8)9/h1H,2H2. The van der Waals surface area contributed by atoms with Gasteiger partial charge < -0.3 is 10.1 Å². The van der Waals surface area contributed by atoms with E-state index < -0.39 is 23.5 Å². The molecule has 0 aromatic carbocycles. The van der Waals surface area contributed by atoms with Crippen molar-refractivity contribution in [1.82, 2.24) is 9.78 Å². The van der Waals surface area contributed by atoms with E-state index in [1.54, 1.807) is 0 Å². The zero-order valence-electron chi connectivity index (χ0n) is 6.45. The van der Waals surface area contributed by atoms with Gasteiger partial charge in [0.2, 0.25) is 0 Å². The Balaban J connectivity index is 2.94. The van der Waals surface area contributed by atoms with Crippen molar-refractivity contribution >= 4 is 21.7 Å². The summed E-state index contributed by atoms with van der Waals surface area (Å²) in [5.74, 6) is -0.624. The van der Waals surface area contributed by atoms with Gasteiger partial charge in [-0.3, -0.25) is 0 Å². The van der Waals surface area contributed by atoms with Gasteiger partial charge in [-0.25, -0.2) is 0 Å². The SMILES string of the molecule is O=[N+]([O-])c1cc(Br)n(CC(F)(F)F)n1. The van der Waals surface area contributed by atoms with E-state index in [4.69, 9.17) is 0 Å². The van der Waals surface area contributed by atoms with Crippen molar-refractivity contribution in [2.45, 2.75) is 12.7 Å². The second-order valence-corrected chi connectivity index (χ2v) is 3.17. The lowest BCUT2D eigenvalue weighted by molar-refractivity contribution is -0.389. The number of rotatable bonds is 2. The molecule has 0 saturated heterocycles. The Morgan fingerprint density at radius 3 is 2.57 bits per heavy atom. The fourth-order valence-corrected chi connectivity index (χ4v) is 1.16. The molecule has 0 N–H and O–H groups in total. The summed E-state index contributed by atoms with van der Waals surface area (Å²) in [6.07, 6.45) is -4.46.